The quantitative estimate of drug-likeness (QED) is 0.558. The summed E-state index contributed by atoms with van der Waals surface area (Å²) in [5, 5.41) is 8.17. The van der Waals surface area contributed by atoms with Gasteiger partial charge in [-0.2, -0.15) is 0 Å². The summed E-state index contributed by atoms with van der Waals surface area (Å²) >= 11 is 7.14. The van der Waals surface area contributed by atoms with Gasteiger partial charge in [0.15, 0.2) is 11.6 Å². The molecule has 3 rings (SSSR count). The summed E-state index contributed by atoms with van der Waals surface area (Å²) in [7, 11) is 0. The molecule has 0 radical (unpaired) electrons. The first-order valence-corrected chi connectivity index (χ1v) is 7.56. The highest BCUT2D eigenvalue weighted by atomic mass is 35.5. The first kappa shape index (κ1) is 13.9. The van der Waals surface area contributed by atoms with E-state index in [2.05, 4.69) is 20.2 Å². The third-order valence-electron chi connectivity index (χ3n) is 2.81. The Kier molecular flexibility index (Phi) is 4.08. The molecule has 2 heterocycles. The van der Waals surface area contributed by atoms with Gasteiger partial charge in [0.2, 0.25) is 5.16 Å². The lowest BCUT2D eigenvalue weighted by molar-refractivity contribution is 0.101. The number of hydrogen-bond donors (Lipinski definition) is 2. The van der Waals surface area contributed by atoms with E-state index in [9.17, 15) is 4.79 Å². The van der Waals surface area contributed by atoms with Gasteiger partial charge >= 0.3 is 0 Å². The first-order chi connectivity index (χ1) is 10.2. The minimum absolute atomic E-state index is 0.0165. The van der Waals surface area contributed by atoms with Crippen LogP contribution in [0.4, 0.5) is 0 Å². The van der Waals surface area contributed by atoms with Gasteiger partial charge in [0.25, 0.3) is 0 Å². The van der Waals surface area contributed by atoms with E-state index in [-0.39, 0.29) is 5.78 Å². The molecule has 0 aliphatic rings. The summed E-state index contributed by atoms with van der Waals surface area (Å²) in [5.41, 5.74) is 1.49. The summed E-state index contributed by atoms with van der Waals surface area (Å²) in [5.74, 6) is 0.961. The largest absolute Gasteiger partial charge is 0.359 e. The molecule has 3 aromatic rings. The van der Waals surface area contributed by atoms with Gasteiger partial charge < -0.3 is 4.98 Å². The van der Waals surface area contributed by atoms with Crippen LogP contribution < -0.4 is 0 Å². The Bertz CT molecular complexity index is 737. The third kappa shape index (κ3) is 3.34. The van der Waals surface area contributed by atoms with E-state index < -0.39 is 0 Å². The minimum Gasteiger partial charge on any atom is -0.359 e. The Balaban J connectivity index is 1.65. The maximum Gasteiger partial charge on any atom is 0.209 e. The lowest BCUT2D eigenvalue weighted by Crippen LogP contribution is -2.02. The van der Waals surface area contributed by atoms with Crippen molar-refractivity contribution < 1.29 is 4.79 Å². The van der Waals surface area contributed by atoms with Gasteiger partial charge in [0.05, 0.1) is 11.4 Å². The van der Waals surface area contributed by atoms with Crippen molar-refractivity contribution in [2.45, 2.75) is 5.16 Å². The second kappa shape index (κ2) is 6.15. The second-order valence-corrected chi connectivity index (χ2v) is 5.65. The number of halogens is 1. The average Bonchev–Trinajstić information content (AvgIpc) is 3.17. The van der Waals surface area contributed by atoms with Crippen LogP contribution in [0.5, 0.6) is 0 Å². The first-order valence-electron chi connectivity index (χ1n) is 6.20. The summed E-state index contributed by atoms with van der Waals surface area (Å²) in [6.45, 7) is 0. The smallest absolute Gasteiger partial charge is 0.209 e. The van der Waals surface area contributed by atoms with E-state index in [1.54, 1.807) is 30.5 Å². The number of nitrogens with zero attached hydrogens (tertiary/aromatic N) is 2. The van der Waals surface area contributed by atoms with Crippen LogP contribution >= 0.6 is 23.4 Å². The van der Waals surface area contributed by atoms with Crippen molar-refractivity contribution in [3.8, 4) is 11.4 Å². The zero-order valence-electron chi connectivity index (χ0n) is 10.8. The molecular formula is C14H11ClN4OS. The van der Waals surface area contributed by atoms with Crippen LogP contribution in [0.3, 0.4) is 0 Å². The normalized spacial score (nSPS) is 10.7. The van der Waals surface area contributed by atoms with Gasteiger partial charge in [-0.3, -0.25) is 9.89 Å². The molecule has 0 aliphatic heterocycles. The average molecular weight is 319 g/mol. The SMILES string of the molecule is O=C(CSc1n[nH]c(-c2ccc(Cl)cc2)n1)c1ccc[nH]1. The van der Waals surface area contributed by atoms with Crippen LogP contribution in [-0.4, -0.2) is 31.7 Å². The Labute approximate surface area is 130 Å². The lowest BCUT2D eigenvalue weighted by Gasteiger charge is -1.96. The third-order valence-corrected chi connectivity index (χ3v) is 3.91. The molecule has 21 heavy (non-hydrogen) atoms. The van der Waals surface area contributed by atoms with Gasteiger partial charge in [-0.1, -0.05) is 23.4 Å². The Morgan fingerprint density at radius 2 is 2.05 bits per heavy atom. The number of carbonyl (C=O) groups is 1. The molecule has 0 spiro atoms. The zero-order valence-corrected chi connectivity index (χ0v) is 12.4. The molecule has 1 aromatic carbocycles. The fourth-order valence-electron chi connectivity index (χ4n) is 1.76. The standard InChI is InChI=1S/C14H11ClN4OS/c15-10-5-3-9(4-6-10)13-17-14(19-18-13)21-8-12(20)11-2-1-7-16-11/h1-7,16H,8H2,(H,17,18,19). The molecule has 0 aliphatic carbocycles. The van der Waals surface area contributed by atoms with Crippen molar-refractivity contribution in [1.29, 1.82) is 0 Å². The van der Waals surface area contributed by atoms with Gasteiger partial charge in [0.1, 0.15) is 0 Å². The predicted molar refractivity (Wildman–Crippen MR) is 82.7 cm³/mol. The van der Waals surface area contributed by atoms with Crippen molar-refractivity contribution in [3.05, 3.63) is 53.3 Å². The van der Waals surface area contributed by atoms with Crippen molar-refractivity contribution >= 4 is 29.1 Å². The second-order valence-electron chi connectivity index (χ2n) is 4.27. The monoisotopic (exact) mass is 318 g/mol. The number of aromatic nitrogens is 4. The summed E-state index contributed by atoms with van der Waals surface area (Å²) in [6, 6.07) is 10.9. The number of nitrogens with one attached hydrogen (secondary N) is 2. The van der Waals surface area contributed by atoms with Crippen molar-refractivity contribution in [2.75, 3.05) is 5.75 Å². The molecule has 0 unspecified atom stereocenters. The summed E-state index contributed by atoms with van der Waals surface area (Å²) < 4.78 is 0. The van der Waals surface area contributed by atoms with E-state index in [4.69, 9.17) is 11.6 Å². The number of Topliss-reactive ketones (excluding diaryl/α,β-unsaturated/α-hetero) is 1. The number of ketones is 1. The number of H-pyrrole nitrogens is 2. The molecule has 0 atom stereocenters. The van der Waals surface area contributed by atoms with Crippen molar-refractivity contribution in [2.24, 2.45) is 0 Å². The maximum absolute atomic E-state index is 11.9. The number of benzene rings is 1. The minimum atomic E-state index is 0.0165. The van der Waals surface area contributed by atoms with Gasteiger partial charge in [0, 0.05) is 16.8 Å². The van der Waals surface area contributed by atoms with E-state index in [1.807, 2.05) is 12.1 Å². The van der Waals surface area contributed by atoms with Crippen LogP contribution in [0.1, 0.15) is 10.5 Å². The molecular weight excluding hydrogens is 308 g/mol. The molecule has 0 fully saturated rings. The number of aromatic amines is 2. The number of rotatable bonds is 5. The van der Waals surface area contributed by atoms with Crippen LogP contribution in [0.15, 0.2) is 47.8 Å². The highest BCUT2D eigenvalue weighted by Gasteiger charge is 2.11. The highest BCUT2D eigenvalue weighted by Crippen LogP contribution is 2.21. The fourth-order valence-corrected chi connectivity index (χ4v) is 2.57. The van der Waals surface area contributed by atoms with Gasteiger partial charge in [-0.25, -0.2) is 4.98 Å². The number of carbonyl (C=O) groups excluding carboxylic acids is 1. The number of hydrogen-bond acceptors (Lipinski definition) is 4. The van der Waals surface area contributed by atoms with Gasteiger partial charge in [-0.15, -0.1) is 5.10 Å². The number of thioether (sulfide) groups is 1. The molecule has 2 aromatic heterocycles. The molecule has 5 nitrogen and oxygen atoms in total. The van der Waals surface area contributed by atoms with Crippen LogP contribution in [0.25, 0.3) is 11.4 Å². The van der Waals surface area contributed by atoms with Crippen molar-refractivity contribution in [1.82, 2.24) is 20.2 Å². The highest BCUT2D eigenvalue weighted by molar-refractivity contribution is 7.99. The molecule has 0 saturated heterocycles. The fraction of sp³-hybridized carbons (Fsp3) is 0.0714. The molecule has 2 N–H and O–H groups in total. The Morgan fingerprint density at radius 1 is 1.24 bits per heavy atom. The molecule has 0 saturated carbocycles. The van der Waals surface area contributed by atoms with E-state index in [0.29, 0.717) is 27.5 Å². The topological polar surface area (TPSA) is 74.4 Å². The molecule has 7 heteroatoms. The lowest BCUT2D eigenvalue weighted by atomic mass is 10.2. The molecule has 106 valence electrons. The summed E-state index contributed by atoms with van der Waals surface area (Å²) in [6.07, 6.45) is 1.73. The Hall–Kier alpha value is -2.05. The maximum atomic E-state index is 11.9. The summed E-state index contributed by atoms with van der Waals surface area (Å²) in [4.78, 5) is 19.1. The van der Waals surface area contributed by atoms with Crippen LogP contribution in [0.2, 0.25) is 5.02 Å². The molecule has 0 amide bonds. The van der Waals surface area contributed by atoms with Crippen molar-refractivity contribution in [3.63, 3.8) is 0 Å². The van der Waals surface area contributed by atoms with Gasteiger partial charge in [-0.05, 0) is 36.4 Å². The Morgan fingerprint density at radius 3 is 2.76 bits per heavy atom. The van der Waals surface area contributed by atoms with E-state index >= 15 is 0 Å². The molecule has 0 bridgehead atoms. The van der Waals surface area contributed by atoms with E-state index in [0.717, 1.165) is 5.56 Å². The predicted octanol–water partition coefficient (Wildman–Crippen LogP) is 3.43. The van der Waals surface area contributed by atoms with E-state index in [1.165, 1.54) is 11.8 Å². The zero-order chi connectivity index (χ0) is 14.7. The van der Waals surface area contributed by atoms with Crippen LogP contribution in [0, 0.1) is 0 Å². The van der Waals surface area contributed by atoms with Crippen LogP contribution in [-0.2, 0) is 0 Å².